The van der Waals surface area contributed by atoms with Gasteiger partial charge in [-0.15, -0.1) is 0 Å². The molecule has 5 nitrogen and oxygen atoms in total. The minimum absolute atomic E-state index is 0.0197. The van der Waals surface area contributed by atoms with Crippen LogP contribution < -0.4 is 5.32 Å². The molecular weight excluding hydrogens is 340 g/mol. The summed E-state index contributed by atoms with van der Waals surface area (Å²) in [5.74, 6) is -0.705. The third-order valence-electron chi connectivity index (χ3n) is 5.45. The number of nitrogens with zero attached hydrogens (tertiary/aromatic N) is 1. The van der Waals surface area contributed by atoms with Gasteiger partial charge in [-0.25, -0.2) is 4.79 Å². The Bertz CT molecular complexity index is 853. The number of carbonyl (C=O) groups excluding carboxylic acids is 2. The van der Waals surface area contributed by atoms with Crippen molar-refractivity contribution in [2.24, 2.45) is 0 Å². The third kappa shape index (κ3) is 3.92. The number of carbonyl (C=O) groups is 2. The predicted molar refractivity (Wildman–Crippen MR) is 105 cm³/mol. The molecule has 1 aliphatic rings. The van der Waals surface area contributed by atoms with Crippen LogP contribution >= 0.6 is 0 Å². The molecule has 0 bridgehead atoms. The first-order valence-corrected chi connectivity index (χ1v) is 9.68. The summed E-state index contributed by atoms with van der Waals surface area (Å²) in [5, 5.41) is 3.05. The number of aromatic nitrogens is 1. The molecule has 0 spiro atoms. The van der Waals surface area contributed by atoms with Crippen molar-refractivity contribution in [3.63, 3.8) is 0 Å². The van der Waals surface area contributed by atoms with E-state index < -0.39 is 12.1 Å². The van der Waals surface area contributed by atoms with Gasteiger partial charge in [-0.3, -0.25) is 4.79 Å². The zero-order valence-electron chi connectivity index (χ0n) is 16.5. The fraction of sp³-hybridized carbons (Fsp3) is 0.455. The lowest BCUT2D eigenvalue weighted by Gasteiger charge is -2.27. The van der Waals surface area contributed by atoms with E-state index in [-0.39, 0.29) is 11.9 Å². The standard InChI is InChI=1S/C22H28N2O3/c1-5-24-14(2)13-19(15(24)3)22(26)27-16(4)21(25)23-20-12-8-10-17-9-6-7-11-18(17)20/h6-7,9,11,13,16,20H,5,8,10,12H2,1-4H3,(H,23,25)/t16-,20+/m1/s1. The number of amides is 1. The minimum Gasteiger partial charge on any atom is -0.449 e. The molecule has 0 saturated heterocycles. The summed E-state index contributed by atoms with van der Waals surface area (Å²) in [4.78, 5) is 25.1. The maximum Gasteiger partial charge on any atom is 0.340 e. The van der Waals surface area contributed by atoms with Crippen molar-refractivity contribution < 1.29 is 14.3 Å². The van der Waals surface area contributed by atoms with Crippen LogP contribution in [0.5, 0.6) is 0 Å². The molecule has 5 heteroatoms. The van der Waals surface area contributed by atoms with Crippen molar-refractivity contribution in [3.05, 3.63) is 58.4 Å². The van der Waals surface area contributed by atoms with E-state index in [0.717, 1.165) is 37.2 Å². The van der Waals surface area contributed by atoms with Gasteiger partial charge in [0.15, 0.2) is 6.10 Å². The van der Waals surface area contributed by atoms with Gasteiger partial charge in [-0.05, 0) is 64.2 Å². The predicted octanol–water partition coefficient (Wildman–Crippen LogP) is 3.86. The Hall–Kier alpha value is -2.56. The van der Waals surface area contributed by atoms with E-state index in [9.17, 15) is 9.59 Å². The first kappa shape index (κ1) is 19.2. The van der Waals surface area contributed by atoms with Crippen molar-refractivity contribution in [2.75, 3.05) is 0 Å². The molecule has 144 valence electrons. The second kappa shape index (κ2) is 7.99. The van der Waals surface area contributed by atoms with Gasteiger partial charge in [0.25, 0.3) is 5.91 Å². The van der Waals surface area contributed by atoms with Crippen LogP contribution in [0.25, 0.3) is 0 Å². The number of esters is 1. The summed E-state index contributed by atoms with van der Waals surface area (Å²) < 4.78 is 7.51. The molecule has 1 N–H and O–H groups in total. The Balaban J connectivity index is 1.66. The molecule has 1 aromatic carbocycles. The van der Waals surface area contributed by atoms with Crippen molar-refractivity contribution in [1.29, 1.82) is 0 Å². The zero-order chi connectivity index (χ0) is 19.6. The number of rotatable bonds is 5. The Labute approximate surface area is 160 Å². The average molecular weight is 368 g/mol. The van der Waals surface area contributed by atoms with E-state index >= 15 is 0 Å². The van der Waals surface area contributed by atoms with Crippen LogP contribution in [-0.4, -0.2) is 22.5 Å². The summed E-state index contributed by atoms with van der Waals surface area (Å²) in [6.45, 7) is 8.32. The summed E-state index contributed by atoms with van der Waals surface area (Å²) >= 11 is 0. The average Bonchev–Trinajstić information content (AvgIpc) is 2.95. The van der Waals surface area contributed by atoms with E-state index in [2.05, 4.69) is 22.0 Å². The summed E-state index contributed by atoms with van der Waals surface area (Å²) in [6.07, 6.45) is 2.15. The van der Waals surface area contributed by atoms with Crippen LogP contribution in [0.4, 0.5) is 0 Å². The summed E-state index contributed by atoms with van der Waals surface area (Å²) in [6, 6.07) is 10.0. The van der Waals surface area contributed by atoms with E-state index in [1.807, 2.05) is 39.0 Å². The Morgan fingerprint density at radius 3 is 2.74 bits per heavy atom. The molecule has 1 aromatic heterocycles. The highest BCUT2D eigenvalue weighted by molar-refractivity contribution is 5.93. The van der Waals surface area contributed by atoms with E-state index in [4.69, 9.17) is 4.74 Å². The molecule has 2 atom stereocenters. The Kier molecular flexibility index (Phi) is 5.68. The lowest BCUT2D eigenvalue weighted by atomic mass is 9.87. The van der Waals surface area contributed by atoms with Crippen LogP contribution in [0.2, 0.25) is 0 Å². The van der Waals surface area contributed by atoms with E-state index in [1.165, 1.54) is 11.1 Å². The van der Waals surface area contributed by atoms with Gasteiger partial charge in [0.2, 0.25) is 0 Å². The van der Waals surface area contributed by atoms with Crippen molar-refractivity contribution in [3.8, 4) is 0 Å². The van der Waals surface area contributed by atoms with Crippen LogP contribution in [-0.2, 0) is 22.5 Å². The van der Waals surface area contributed by atoms with Gasteiger partial charge in [0.1, 0.15) is 0 Å². The number of nitrogens with one attached hydrogen (secondary N) is 1. The van der Waals surface area contributed by atoms with Crippen molar-refractivity contribution in [2.45, 2.75) is 65.6 Å². The normalized spacial score (nSPS) is 17.1. The molecule has 1 amide bonds. The molecule has 0 unspecified atom stereocenters. The highest BCUT2D eigenvalue weighted by atomic mass is 16.5. The third-order valence-corrected chi connectivity index (χ3v) is 5.45. The molecule has 0 fully saturated rings. The van der Waals surface area contributed by atoms with E-state index in [0.29, 0.717) is 5.56 Å². The highest BCUT2D eigenvalue weighted by Gasteiger charge is 2.26. The van der Waals surface area contributed by atoms with Crippen LogP contribution in [0.1, 0.15) is 65.6 Å². The molecule has 2 aromatic rings. The van der Waals surface area contributed by atoms with Gasteiger partial charge in [0.05, 0.1) is 11.6 Å². The first-order chi connectivity index (χ1) is 12.9. The van der Waals surface area contributed by atoms with E-state index in [1.54, 1.807) is 6.92 Å². The number of fused-ring (bicyclic) bond motifs is 1. The molecule has 3 rings (SSSR count). The number of aryl methyl sites for hydroxylation is 2. The van der Waals surface area contributed by atoms with Gasteiger partial charge >= 0.3 is 5.97 Å². The largest absolute Gasteiger partial charge is 0.449 e. The zero-order valence-corrected chi connectivity index (χ0v) is 16.5. The second-order valence-corrected chi connectivity index (χ2v) is 7.23. The number of hydrogen-bond acceptors (Lipinski definition) is 3. The first-order valence-electron chi connectivity index (χ1n) is 9.68. The summed E-state index contributed by atoms with van der Waals surface area (Å²) in [7, 11) is 0. The van der Waals surface area contributed by atoms with Crippen LogP contribution in [0, 0.1) is 13.8 Å². The molecule has 1 heterocycles. The smallest absolute Gasteiger partial charge is 0.340 e. The fourth-order valence-corrected chi connectivity index (χ4v) is 3.96. The fourth-order valence-electron chi connectivity index (χ4n) is 3.96. The number of ether oxygens (including phenoxy) is 1. The van der Waals surface area contributed by atoms with Gasteiger partial charge in [-0.1, -0.05) is 24.3 Å². The van der Waals surface area contributed by atoms with Crippen molar-refractivity contribution in [1.82, 2.24) is 9.88 Å². The molecule has 27 heavy (non-hydrogen) atoms. The lowest BCUT2D eigenvalue weighted by Crippen LogP contribution is -2.39. The quantitative estimate of drug-likeness (QED) is 0.815. The minimum atomic E-state index is -0.837. The second-order valence-electron chi connectivity index (χ2n) is 7.23. The maximum atomic E-state index is 12.6. The molecule has 0 radical (unpaired) electrons. The number of benzene rings is 1. The summed E-state index contributed by atoms with van der Waals surface area (Å²) in [5.41, 5.74) is 4.86. The van der Waals surface area contributed by atoms with Gasteiger partial charge < -0.3 is 14.6 Å². The lowest BCUT2D eigenvalue weighted by molar-refractivity contribution is -0.130. The maximum absolute atomic E-state index is 12.6. The van der Waals surface area contributed by atoms with Crippen LogP contribution in [0.15, 0.2) is 30.3 Å². The van der Waals surface area contributed by atoms with Gasteiger partial charge in [0, 0.05) is 17.9 Å². The SMILES string of the molecule is CCn1c(C)cc(C(=O)O[C@H](C)C(=O)N[C@H]2CCCc3ccccc32)c1C. The highest BCUT2D eigenvalue weighted by Crippen LogP contribution is 2.29. The number of hydrogen-bond donors (Lipinski definition) is 1. The topological polar surface area (TPSA) is 60.3 Å². The monoisotopic (exact) mass is 368 g/mol. The molecule has 0 saturated carbocycles. The molecule has 1 aliphatic carbocycles. The van der Waals surface area contributed by atoms with Gasteiger partial charge in [-0.2, -0.15) is 0 Å². The Morgan fingerprint density at radius 2 is 2.04 bits per heavy atom. The van der Waals surface area contributed by atoms with Crippen molar-refractivity contribution >= 4 is 11.9 Å². The van der Waals surface area contributed by atoms with Crippen LogP contribution in [0.3, 0.4) is 0 Å². The Morgan fingerprint density at radius 1 is 1.30 bits per heavy atom. The molecular formula is C22H28N2O3. The molecule has 0 aliphatic heterocycles.